The van der Waals surface area contributed by atoms with Crippen LogP contribution in [0.25, 0.3) is 0 Å². The first-order valence-corrected chi connectivity index (χ1v) is 8.44. The molecule has 104 valence electrons. The second-order valence-electron chi connectivity index (χ2n) is 5.13. The van der Waals surface area contributed by atoms with Crippen molar-refractivity contribution in [3.63, 3.8) is 0 Å². The molecule has 1 amide bonds. The highest BCUT2D eigenvalue weighted by molar-refractivity contribution is 8.13. The number of amides is 1. The lowest BCUT2D eigenvalue weighted by molar-refractivity contribution is 0.0784. The number of hydrogen-bond donors (Lipinski definition) is 0. The van der Waals surface area contributed by atoms with Crippen LogP contribution in [0.5, 0.6) is 0 Å². The van der Waals surface area contributed by atoms with Crippen LogP contribution in [0.2, 0.25) is 0 Å². The molecule has 19 heavy (non-hydrogen) atoms. The average Bonchev–Trinajstić information content (AvgIpc) is 2.68. The zero-order chi connectivity index (χ0) is 14.2. The van der Waals surface area contributed by atoms with Gasteiger partial charge in [-0.15, -0.1) is 0 Å². The first-order chi connectivity index (χ1) is 8.79. The van der Waals surface area contributed by atoms with E-state index in [1.54, 1.807) is 11.0 Å². The molecule has 1 saturated heterocycles. The molecular weight excluding hydrogens is 286 g/mol. The van der Waals surface area contributed by atoms with Crippen LogP contribution < -0.4 is 0 Å². The Labute approximate surface area is 117 Å². The molecule has 0 aliphatic carbocycles. The van der Waals surface area contributed by atoms with E-state index in [1.807, 2.05) is 0 Å². The predicted molar refractivity (Wildman–Crippen MR) is 73.7 cm³/mol. The number of carbonyl (C=O) groups excluding carboxylic acids is 1. The highest BCUT2D eigenvalue weighted by atomic mass is 35.7. The van der Waals surface area contributed by atoms with Gasteiger partial charge in [-0.1, -0.05) is 19.9 Å². The maximum atomic E-state index is 12.3. The summed E-state index contributed by atoms with van der Waals surface area (Å²) in [6.45, 7) is 5.63. The fraction of sp³-hybridized carbons (Fsp3) is 0.462. The molecule has 1 aliphatic heterocycles. The summed E-state index contributed by atoms with van der Waals surface area (Å²) in [4.78, 5) is 14.0. The Morgan fingerprint density at radius 1 is 1.26 bits per heavy atom. The van der Waals surface area contributed by atoms with Gasteiger partial charge in [0, 0.05) is 29.3 Å². The van der Waals surface area contributed by atoms with E-state index < -0.39 is 9.05 Å². The third kappa shape index (κ3) is 3.09. The highest BCUT2D eigenvalue weighted by Gasteiger charge is 2.30. The summed E-state index contributed by atoms with van der Waals surface area (Å²) in [5.41, 5.74) is 0.364. The molecule has 1 aromatic carbocycles. The Bertz CT molecular complexity index is 590. The number of likely N-dealkylation sites (tertiary alicyclic amines) is 1. The van der Waals surface area contributed by atoms with Crippen LogP contribution in [-0.4, -0.2) is 32.3 Å². The van der Waals surface area contributed by atoms with Crippen molar-refractivity contribution in [3.8, 4) is 0 Å². The summed E-state index contributed by atoms with van der Waals surface area (Å²) in [6, 6.07) is 5.86. The number of hydrogen-bond acceptors (Lipinski definition) is 3. The predicted octanol–water partition coefficient (Wildman–Crippen LogP) is 2.34. The van der Waals surface area contributed by atoms with E-state index in [-0.39, 0.29) is 10.8 Å². The summed E-state index contributed by atoms with van der Waals surface area (Å²) in [5.74, 6) is 0.783. The van der Waals surface area contributed by atoms with E-state index in [0.717, 1.165) is 0 Å². The smallest absolute Gasteiger partial charge is 0.261 e. The van der Waals surface area contributed by atoms with Crippen molar-refractivity contribution in [1.29, 1.82) is 0 Å². The van der Waals surface area contributed by atoms with Gasteiger partial charge in [-0.3, -0.25) is 4.79 Å². The molecule has 0 bridgehead atoms. The number of benzene rings is 1. The van der Waals surface area contributed by atoms with Crippen LogP contribution in [0.3, 0.4) is 0 Å². The molecule has 1 heterocycles. The second-order valence-corrected chi connectivity index (χ2v) is 7.70. The highest BCUT2D eigenvalue weighted by Crippen LogP contribution is 2.24. The van der Waals surface area contributed by atoms with Gasteiger partial charge in [-0.05, 0) is 30.0 Å². The standard InChI is InChI=1S/C13H16ClNO3S/c1-9-7-15(8-10(9)2)13(16)11-4-3-5-12(6-11)19(14,17)18/h3-6,9-10H,7-8H2,1-2H3. The minimum absolute atomic E-state index is 0.0414. The van der Waals surface area contributed by atoms with E-state index in [1.165, 1.54) is 18.2 Å². The van der Waals surface area contributed by atoms with Crippen molar-refractivity contribution >= 4 is 25.6 Å². The molecular formula is C13H16ClNO3S. The van der Waals surface area contributed by atoms with E-state index >= 15 is 0 Å². The van der Waals surface area contributed by atoms with Gasteiger partial charge in [0.05, 0.1) is 4.90 Å². The van der Waals surface area contributed by atoms with Gasteiger partial charge in [-0.25, -0.2) is 8.42 Å². The molecule has 2 unspecified atom stereocenters. The second kappa shape index (κ2) is 5.13. The van der Waals surface area contributed by atoms with Gasteiger partial charge in [0.25, 0.3) is 15.0 Å². The minimum Gasteiger partial charge on any atom is -0.338 e. The van der Waals surface area contributed by atoms with Crippen LogP contribution in [0.15, 0.2) is 29.2 Å². The molecule has 1 fully saturated rings. The quantitative estimate of drug-likeness (QED) is 0.788. The van der Waals surface area contributed by atoms with Gasteiger partial charge < -0.3 is 4.90 Å². The van der Waals surface area contributed by atoms with Gasteiger partial charge >= 0.3 is 0 Å². The number of rotatable bonds is 2. The molecule has 2 atom stereocenters. The van der Waals surface area contributed by atoms with Crippen LogP contribution in [-0.2, 0) is 9.05 Å². The van der Waals surface area contributed by atoms with Crippen molar-refractivity contribution < 1.29 is 13.2 Å². The first kappa shape index (κ1) is 14.3. The van der Waals surface area contributed by atoms with Gasteiger partial charge in [-0.2, -0.15) is 0 Å². The van der Waals surface area contributed by atoms with Crippen molar-refractivity contribution in [2.24, 2.45) is 11.8 Å². The molecule has 2 rings (SSSR count). The third-order valence-electron chi connectivity index (χ3n) is 3.64. The normalized spacial score (nSPS) is 23.6. The SMILES string of the molecule is CC1CN(C(=O)c2cccc(S(=O)(=O)Cl)c2)CC1C. The van der Waals surface area contributed by atoms with Crippen LogP contribution in [0, 0.1) is 11.8 Å². The summed E-state index contributed by atoms with van der Waals surface area (Å²) in [5, 5.41) is 0. The lowest BCUT2D eigenvalue weighted by atomic mass is 10.0. The zero-order valence-corrected chi connectivity index (χ0v) is 12.4. The molecule has 0 spiro atoms. The molecule has 1 aromatic rings. The zero-order valence-electron chi connectivity index (χ0n) is 10.8. The number of halogens is 1. The van der Waals surface area contributed by atoms with Crippen molar-refractivity contribution in [2.75, 3.05) is 13.1 Å². The maximum absolute atomic E-state index is 12.3. The Balaban J connectivity index is 2.26. The number of nitrogens with zero attached hydrogens (tertiary/aromatic N) is 1. The van der Waals surface area contributed by atoms with E-state index in [0.29, 0.717) is 30.5 Å². The Morgan fingerprint density at radius 3 is 2.37 bits per heavy atom. The molecule has 0 radical (unpaired) electrons. The average molecular weight is 302 g/mol. The first-order valence-electron chi connectivity index (χ1n) is 6.13. The summed E-state index contributed by atoms with van der Waals surface area (Å²) in [7, 11) is 1.49. The molecule has 4 nitrogen and oxygen atoms in total. The van der Waals surface area contributed by atoms with Gasteiger partial charge in [0.1, 0.15) is 0 Å². The fourth-order valence-corrected chi connectivity index (χ4v) is 3.06. The summed E-state index contributed by atoms with van der Waals surface area (Å²) in [6.07, 6.45) is 0. The monoisotopic (exact) mass is 301 g/mol. The molecule has 0 saturated carbocycles. The van der Waals surface area contributed by atoms with Gasteiger partial charge in [0.15, 0.2) is 0 Å². The third-order valence-corrected chi connectivity index (χ3v) is 4.99. The molecule has 1 aliphatic rings. The summed E-state index contributed by atoms with van der Waals surface area (Å²) < 4.78 is 22.5. The molecule has 0 N–H and O–H groups in total. The van der Waals surface area contributed by atoms with E-state index in [4.69, 9.17) is 10.7 Å². The summed E-state index contributed by atoms with van der Waals surface area (Å²) >= 11 is 0. The van der Waals surface area contributed by atoms with E-state index in [2.05, 4.69) is 13.8 Å². The Kier molecular flexibility index (Phi) is 3.87. The van der Waals surface area contributed by atoms with Crippen molar-refractivity contribution in [2.45, 2.75) is 18.7 Å². The lowest BCUT2D eigenvalue weighted by Gasteiger charge is -2.16. The van der Waals surface area contributed by atoms with Crippen LogP contribution in [0.1, 0.15) is 24.2 Å². The molecule has 6 heteroatoms. The minimum atomic E-state index is -3.80. The maximum Gasteiger partial charge on any atom is 0.261 e. The number of carbonyl (C=O) groups is 1. The topological polar surface area (TPSA) is 54.5 Å². The van der Waals surface area contributed by atoms with E-state index in [9.17, 15) is 13.2 Å². The van der Waals surface area contributed by atoms with Crippen LogP contribution >= 0.6 is 10.7 Å². The lowest BCUT2D eigenvalue weighted by Crippen LogP contribution is -2.28. The fourth-order valence-electron chi connectivity index (χ4n) is 2.26. The largest absolute Gasteiger partial charge is 0.338 e. The van der Waals surface area contributed by atoms with Crippen molar-refractivity contribution in [3.05, 3.63) is 29.8 Å². The van der Waals surface area contributed by atoms with Gasteiger partial charge in [0.2, 0.25) is 0 Å². The Morgan fingerprint density at radius 2 is 1.84 bits per heavy atom. The molecule has 0 aromatic heterocycles. The van der Waals surface area contributed by atoms with Crippen molar-refractivity contribution in [1.82, 2.24) is 4.90 Å². The Hall–Kier alpha value is -1.07. The van der Waals surface area contributed by atoms with Crippen LogP contribution in [0.4, 0.5) is 0 Å².